The van der Waals surface area contributed by atoms with Gasteiger partial charge in [-0.1, -0.05) is 5.21 Å². The lowest BCUT2D eigenvalue weighted by molar-refractivity contribution is 0.0995. The van der Waals surface area contributed by atoms with Crippen LogP contribution >= 0.6 is 0 Å². The van der Waals surface area contributed by atoms with Crippen molar-refractivity contribution < 1.29 is 4.79 Å². The van der Waals surface area contributed by atoms with Crippen molar-refractivity contribution in [1.29, 1.82) is 0 Å². The smallest absolute Gasteiger partial charge is 0.271 e. The Kier molecular flexibility index (Phi) is 2.62. The van der Waals surface area contributed by atoms with E-state index >= 15 is 0 Å². The van der Waals surface area contributed by atoms with Gasteiger partial charge in [-0.15, -0.1) is 5.10 Å². The molecular weight excluding hydrogens is 170 g/mol. The number of carbonyl (C=O) groups is 1. The molecule has 1 amide bonds. The van der Waals surface area contributed by atoms with Crippen LogP contribution in [-0.4, -0.2) is 27.4 Å². The molecule has 13 heavy (non-hydrogen) atoms. The van der Waals surface area contributed by atoms with Crippen LogP contribution in [0.15, 0.2) is 0 Å². The summed E-state index contributed by atoms with van der Waals surface area (Å²) in [4.78, 5) is 10.8. The van der Waals surface area contributed by atoms with Crippen LogP contribution in [0.25, 0.3) is 0 Å². The van der Waals surface area contributed by atoms with Crippen LogP contribution in [0, 0.1) is 6.92 Å². The molecule has 0 radical (unpaired) electrons. The number of nitrogens with two attached hydrogens (primary N) is 2. The first-order chi connectivity index (χ1) is 6.07. The molecule has 0 saturated carbocycles. The van der Waals surface area contributed by atoms with Gasteiger partial charge in [-0.3, -0.25) is 4.79 Å². The lowest BCUT2D eigenvalue weighted by Gasteiger charge is -2.09. The summed E-state index contributed by atoms with van der Waals surface area (Å²) >= 11 is 0. The molecule has 1 aromatic heterocycles. The van der Waals surface area contributed by atoms with Crippen molar-refractivity contribution in [1.82, 2.24) is 15.0 Å². The van der Waals surface area contributed by atoms with Crippen LogP contribution < -0.4 is 11.5 Å². The minimum atomic E-state index is -0.562. The molecule has 0 aliphatic carbocycles. The maximum atomic E-state index is 10.8. The minimum Gasteiger partial charge on any atom is -0.364 e. The Morgan fingerprint density at radius 3 is 2.69 bits per heavy atom. The maximum absolute atomic E-state index is 10.8. The van der Waals surface area contributed by atoms with Crippen molar-refractivity contribution in [3.63, 3.8) is 0 Å². The molecule has 1 aromatic rings. The summed E-state index contributed by atoms with van der Waals surface area (Å²) in [6.07, 6.45) is 0. The minimum absolute atomic E-state index is 0.0283. The van der Waals surface area contributed by atoms with Crippen molar-refractivity contribution in [3.05, 3.63) is 11.4 Å². The number of hydrogen-bond donors (Lipinski definition) is 2. The molecule has 0 fully saturated rings. The van der Waals surface area contributed by atoms with Gasteiger partial charge < -0.3 is 11.5 Å². The van der Waals surface area contributed by atoms with E-state index in [4.69, 9.17) is 11.5 Å². The fourth-order valence-corrected chi connectivity index (χ4v) is 1.09. The molecule has 0 bridgehead atoms. The highest BCUT2D eigenvalue weighted by molar-refractivity contribution is 5.91. The summed E-state index contributed by atoms with van der Waals surface area (Å²) in [5, 5.41) is 7.46. The van der Waals surface area contributed by atoms with Gasteiger partial charge >= 0.3 is 0 Å². The number of aromatic nitrogens is 3. The largest absolute Gasteiger partial charge is 0.364 e. The molecule has 0 spiro atoms. The van der Waals surface area contributed by atoms with Crippen LogP contribution in [-0.2, 0) is 0 Å². The van der Waals surface area contributed by atoms with E-state index in [0.29, 0.717) is 12.2 Å². The van der Waals surface area contributed by atoms with Crippen LogP contribution in [0.3, 0.4) is 0 Å². The molecule has 0 saturated heterocycles. The Labute approximate surface area is 75.9 Å². The summed E-state index contributed by atoms with van der Waals surface area (Å²) < 4.78 is 1.60. The average molecular weight is 183 g/mol. The number of hydrogen-bond acceptors (Lipinski definition) is 4. The zero-order valence-corrected chi connectivity index (χ0v) is 7.69. The van der Waals surface area contributed by atoms with E-state index in [-0.39, 0.29) is 11.7 Å². The SMILES string of the molecule is Cc1c(C(N)=O)nnn1C(C)CN. The molecule has 0 aliphatic rings. The van der Waals surface area contributed by atoms with Crippen LogP contribution in [0.5, 0.6) is 0 Å². The normalized spacial score (nSPS) is 12.8. The van der Waals surface area contributed by atoms with Gasteiger partial charge in [0.2, 0.25) is 0 Å². The van der Waals surface area contributed by atoms with E-state index in [1.807, 2.05) is 6.92 Å². The molecule has 0 aromatic carbocycles. The van der Waals surface area contributed by atoms with Crippen molar-refractivity contribution in [2.45, 2.75) is 19.9 Å². The highest BCUT2D eigenvalue weighted by atomic mass is 16.1. The first-order valence-electron chi connectivity index (χ1n) is 3.99. The second-order valence-electron chi connectivity index (χ2n) is 2.92. The van der Waals surface area contributed by atoms with Crippen molar-refractivity contribution in [2.75, 3.05) is 6.54 Å². The van der Waals surface area contributed by atoms with Gasteiger partial charge in [-0.2, -0.15) is 0 Å². The average Bonchev–Trinajstić information content (AvgIpc) is 2.46. The molecule has 0 aliphatic heterocycles. The van der Waals surface area contributed by atoms with E-state index in [2.05, 4.69) is 10.3 Å². The Balaban J connectivity index is 3.06. The van der Waals surface area contributed by atoms with E-state index in [1.165, 1.54) is 0 Å². The molecule has 1 heterocycles. The van der Waals surface area contributed by atoms with Gasteiger partial charge in [0.25, 0.3) is 5.91 Å². The Morgan fingerprint density at radius 2 is 2.31 bits per heavy atom. The number of carbonyl (C=O) groups excluding carboxylic acids is 1. The molecule has 1 unspecified atom stereocenters. The summed E-state index contributed by atoms with van der Waals surface area (Å²) in [6.45, 7) is 4.08. The highest BCUT2D eigenvalue weighted by Crippen LogP contribution is 2.08. The second kappa shape index (κ2) is 3.53. The molecule has 1 rings (SSSR count). The second-order valence-corrected chi connectivity index (χ2v) is 2.92. The third-order valence-electron chi connectivity index (χ3n) is 1.92. The predicted molar refractivity (Wildman–Crippen MR) is 47.0 cm³/mol. The van der Waals surface area contributed by atoms with Crippen molar-refractivity contribution >= 4 is 5.91 Å². The van der Waals surface area contributed by atoms with Gasteiger partial charge in [0, 0.05) is 6.54 Å². The fraction of sp³-hybridized carbons (Fsp3) is 0.571. The fourth-order valence-electron chi connectivity index (χ4n) is 1.09. The van der Waals surface area contributed by atoms with Crippen LogP contribution in [0.1, 0.15) is 29.1 Å². The molecule has 1 atom stereocenters. The number of amides is 1. The lowest BCUT2D eigenvalue weighted by Crippen LogP contribution is -2.19. The molecule has 4 N–H and O–H groups in total. The first kappa shape index (κ1) is 9.66. The number of nitrogens with zero attached hydrogens (tertiary/aromatic N) is 3. The van der Waals surface area contributed by atoms with Crippen LogP contribution in [0.4, 0.5) is 0 Å². The van der Waals surface area contributed by atoms with E-state index < -0.39 is 5.91 Å². The third kappa shape index (κ3) is 1.67. The van der Waals surface area contributed by atoms with Crippen LogP contribution in [0.2, 0.25) is 0 Å². The highest BCUT2D eigenvalue weighted by Gasteiger charge is 2.15. The van der Waals surface area contributed by atoms with E-state index in [1.54, 1.807) is 11.6 Å². The topological polar surface area (TPSA) is 99.8 Å². The summed E-state index contributed by atoms with van der Waals surface area (Å²) in [6, 6.07) is 0.0283. The zero-order chi connectivity index (χ0) is 10.0. The van der Waals surface area contributed by atoms with Gasteiger partial charge in [0.05, 0.1) is 11.7 Å². The summed E-state index contributed by atoms with van der Waals surface area (Å²) in [5.74, 6) is -0.562. The first-order valence-corrected chi connectivity index (χ1v) is 3.99. The van der Waals surface area contributed by atoms with Gasteiger partial charge in [-0.25, -0.2) is 4.68 Å². The van der Waals surface area contributed by atoms with Gasteiger partial charge in [-0.05, 0) is 13.8 Å². The molecule has 6 nitrogen and oxygen atoms in total. The van der Waals surface area contributed by atoms with Crippen molar-refractivity contribution in [2.24, 2.45) is 11.5 Å². The number of rotatable bonds is 3. The molecular formula is C7H13N5O. The Hall–Kier alpha value is -1.43. The van der Waals surface area contributed by atoms with Gasteiger partial charge in [0.1, 0.15) is 0 Å². The monoisotopic (exact) mass is 183 g/mol. The summed E-state index contributed by atoms with van der Waals surface area (Å²) in [5.41, 5.74) is 11.4. The quantitative estimate of drug-likeness (QED) is 0.641. The van der Waals surface area contributed by atoms with Crippen molar-refractivity contribution in [3.8, 4) is 0 Å². The molecule has 72 valence electrons. The zero-order valence-electron chi connectivity index (χ0n) is 7.69. The lowest BCUT2D eigenvalue weighted by atomic mass is 10.3. The maximum Gasteiger partial charge on any atom is 0.271 e. The standard InChI is InChI=1S/C7H13N5O/c1-4(3-8)12-5(2)6(7(9)13)10-11-12/h4H,3,8H2,1-2H3,(H2,9,13). The predicted octanol–water partition coefficient (Wildman–Crippen LogP) is -0.795. The van der Waals surface area contributed by atoms with E-state index in [9.17, 15) is 4.79 Å². The third-order valence-corrected chi connectivity index (χ3v) is 1.92. The van der Waals surface area contributed by atoms with Gasteiger partial charge in [0.15, 0.2) is 5.69 Å². The number of primary amides is 1. The summed E-state index contributed by atoms with van der Waals surface area (Å²) in [7, 11) is 0. The Bertz CT molecular complexity index is 319. The molecule has 6 heteroatoms. The Morgan fingerprint density at radius 1 is 1.69 bits per heavy atom. The van der Waals surface area contributed by atoms with E-state index in [0.717, 1.165) is 0 Å².